The maximum absolute atomic E-state index is 9.11. The molecule has 66 valence electrons. The van der Waals surface area contributed by atoms with Crippen molar-refractivity contribution in [3.8, 4) is 0 Å². The smallest absolute Gasteiger partial charge is 0.111 e. The topological polar surface area (TPSA) is 90.2 Å². The molecule has 5 heteroatoms. The van der Waals surface area contributed by atoms with Crippen LogP contribution < -0.4 is 0 Å². The quantitative estimate of drug-likeness (QED) is 0.343. The molecule has 1 rings (SSSR count). The first-order chi connectivity index (χ1) is 5.16. The Labute approximate surface area is 63.8 Å². The first kappa shape index (κ1) is 8.89. The molecule has 1 heterocycles. The Morgan fingerprint density at radius 2 is 1.82 bits per heavy atom. The van der Waals surface area contributed by atoms with E-state index in [9.17, 15) is 0 Å². The standard InChI is InChI=1S/C6H12O5/c7-1-4-6(10)5(9)3(8)2-11-4/h3-10H,1-2H2/t3?,4-,5+,6-/m1/s1. The van der Waals surface area contributed by atoms with Crippen molar-refractivity contribution in [1.82, 2.24) is 0 Å². The molecule has 1 aliphatic heterocycles. The molecule has 11 heavy (non-hydrogen) atoms. The molecule has 1 saturated heterocycles. The molecule has 0 radical (unpaired) electrons. The SMILES string of the molecule is OC[C@H]1OCC(O)[C@H](O)[C@@H]1O. The summed E-state index contributed by atoms with van der Waals surface area (Å²) in [5, 5.41) is 35.7. The van der Waals surface area contributed by atoms with Gasteiger partial charge in [0.1, 0.15) is 24.4 Å². The Kier molecular flexibility index (Phi) is 2.80. The van der Waals surface area contributed by atoms with Gasteiger partial charge in [-0.1, -0.05) is 0 Å². The number of hydrogen-bond acceptors (Lipinski definition) is 5. The highest BCUT2D eigenvalue weighted by Crippen LogP contribution is 2.14. The highest BCUT2D eigenvalue weighted by molar-refractivity contribution is 4.85. The number of rotatable bonds is 1. The molecule has 0 amide bonds. The summed E-state index contributed by atoms with van der Waals surface area (Å²) in [4.78, 5) is 0. The second-order valence-electron chi connectivity index (χ2n) is 2.60. The first-order valence-corrected chi connectivity index (χ1v) is 3.43. The molecule has 4 N–H and O–H groups in total. The fourth-order valence-electron chi connectivity index (χ4n) is 1.03. The summed E-state index contributed by atoms with van der Waals surface area (Å²) in [6, 6.07) is 0. The molecule has 0 spiro atoms. The van der Waals surface area contributed by atoms with Crippen molar-refractivity contribution in [2.45, 2.75) is 24.4 Å². The van der Waals surface area contributed by atoms with E-state index in [-0.39, 0.29) is 13.2 Å². The third-order valence-electron chi connectivity index (χ3n) is 1.79. The second-order valence-corrected chi connectivity index (χ2v) is 2.60. The van der Waals surface area contributed by atoms with Crippen molar-refractivity contribution in [3.05, 3.63) is 0 Å². The molecular weight excluding hydrogens is 152 g/mol. The molecule has 1 unspecified atom stereocenters. The van der Waals surface area contributed by atoms with Crippen molar-refractivity contribution in [1.29, 1.82) is 0 Å². The van der Waals surface area contributed by atoms with Crippen LogP contribution in [0.2, 0.25) is 0 Å². The Morgan fingerprint density at radius 3 is 2.36 bits per heavy atom. The third-order valence-corrected chi connectivity index (χ3v) is 1.79. The summed E-state index contributed by atoms with van der Waals surface area (Å²) in [6.07, 6.45) is -4.27. The van der Waals surface area contributed by atoms with Crippen LogP contribution in [0.25, 0.3) is 0 Å². The van der Waals surface area contributed by atoms with Crippen LogP contribution in [0.4, 0.5) is 0 Å². The normalized spacial score (nSPS) is 45.8. The molecule has 0 aliphatic carbocycles. The number of aliphatic hydroxyl groups excluding tert-OH is 4. The van der Waals surface area contributed by atoms with E-state index < -0.39 is 24.4 Å². The van der Waals surface area contributed by atoms with E-state index in [4.69, 9.17) is 25.2 Å². The minimum atomic E-state index is -1.22. The average Bonchev–Trinajstić information content (AvgIpc) is 2.01. The van der Waals surface area contributed by atoms with Gasteiger partial charge in [-0.3, -0.25) is 0 Å². The van der Waals surface area contributed by atoms with E-state index in [0.29, 0.717) is 0 Å². The fourth-order valence-corrected chi connectivity index (χ4v) is 1.03. The van der Waals surface area contributed by atoms with Gasteiger partial charge in [0.05, 0.1) is 13.2 Å². The third kappa shape index (κ3) is 1.69. The maximum Gasteiger partial charge on any atom is 0.111 e. The van der Waals surface area contributed by atoms with Gasteiger partial charge in [-0.2, -0.15) is 0 Å². The lowest BCUT2D eigenvalue weighted by Crippen LogP contribution is -2.53. The molecule has 1 fully saturated rings. The summed E-state index contributed by atoms with van der Waals surface area (Å²) in [7, 11) is 0. The van der Waals surface area contributed by atoms with Crippen LogP contribution in [-0.4, -0.2) is 58.1 Å². The van der Waals surface area contributed by atoms with Gasteiger partial charge in [0.25, 0.3) is 0 Å². The second kappa shape index (κ2) is 3.46. The van der Waals surface area contributed by atoms with Gasteiger partial charge in [0.2, 0.25) is 0 Å². The van der Waals surface area contributed by atoms with Gasteiger partial charge in [-0.05, 0) is 0 Å². The Balaban J connectivity index is 2.52. The van der Waals surface area contributed by atoms with E-state index in [0.717, 1.165) is 0 Å². The number of aliphatic hydroxyl groups is 4. The molecular formula is C6H12O5. The van der Waals surface area contributed by atoms with Crippen LogP contribution in [-0.2, 0) is 4.74 Å². The zero-order valence-electron chi connectivity index (χ0n) is 5.92. The van der Waals surface area contributed by atoms with Crippen molar-refractivity contribution in [2.75, 3.05) is 13.2 Å². The lowest BCUT2D eigenvalue weighted by molar-refractivity contribution is -0.195. The van der Waals surface area contributed by atoms with Crippen LogP contribution in [0.1, 0.15) is 0 Å². The minimum Gasteiger partial charge on any atom is -0.394 e. The van der Waals surface area contributed by atoms with Gasteiger partial charge < -0.3 is 25.2 Å². The van der Waals surface area contributed by atoms with Gasteiger partial charge in [0, 0.05) is 0 Å². The molecule has 5 nitrogen and oxygen atoms in total. The Hall–Kier alpha value is -0.200. The molecule has 4 atom stereocenters. The summed E-state index contributed by atoms with van der Waals surface area (Å²) >= 11 is 0. The van der Waals surface area contributed by atoms with Crippen molar-refractivity contribution >= 4 is 0 Å². The highest BCUT2D eigenvalue weighted by Gasteiger charge is 2.36. The lowest BCUT2D eigenvalue weighted by Gasteiger charge is -2.34. The van der Waals surface area contributed by atoms with E-state index >= 15 is 0 Å². The summed E-state index contributed by atoms with van der Waals surface area (Å²) in [6.45, 7) is -0.408. The number of hydrogen-bond donors (Lipinski definition) is 4. The van der Waals surface area contributed by atoms with E-state index in [1.54, 1.807) is 0 Å². The van der Waals surface area contributed by atoms with Crippen LogP contribution in [0.15, 0.2) is 0 Å². The summed E-state index contributed by atoms with van der Waals surface area (Å²) in [5.41, 5.74) is 0. The average molecular weight is 164 g/mol. The van der Waals surface area contributed by atoms with Crippen molar-refractivity contribution < 1.29 is 25.2 Å². The first-order valence-electron chi connectivity index (χ1n) is 3.43. The zero-order valence-corrected chi connectivity index (χ0v) is 5.92. The fraction of sp³-hybridized carbons (Fsp3) is 1.00. The zero-order chi connectivity index (χ0) is 8.43. The van der Waals surface area contributed by atoms with E-state index in [2.05, 4.69) is 0 Å². The molecule has 0 saturated carbocycles. The Morgan fingerprint density at radius 1 is 1.18 bits per heavy atom. The van der Waals surface area contributed by atoms with Gasteiger partial charge in [-0.25, -0.2) is 0 Å². The molecule has 0 aromatic rings. The summed E-state index contributed by atoms with van der Waals surface area (Å²) < 4.78 is 4.81. The van der Waals surface area contributed by atoms with Gasteiger partial charge in [0.15, 0.2) is 0 Å². The van der Waals surface area contributed by atoms with Crippen molar-refractivity contribution in [3.63, 3.8) is 0 Å². The van der Waals surface area contributed by atoms with E-state index in [1.165, 1.54) is 0 Å². The molecule has 0 aromatic heterocycles. The maximum atomic E-state index is 9.11. The molecule has 1 aliphatic rings. The number of ether oxygens (including phenoxy) is 1. The molecule has 0 aromatic carbocycles. The van der Waals surface area contributed by atoms with Crippen LogP contribution in [0.3, 0.4) is 0 Å². The minimum absolute atomic E-state index is 0.0521. The van der Waals surface area contributed by atoms with Gasteiger partial charge >= 0.3 is 0 Å². The molecule has 0 bridgehead atoms. The van der Waals surface area contributed by atoms with Crippen LogP contribution in [0.5, 0.6) is 0 Å². The predicted molar refractivity (Wildman–Crippen MR) is 34.8 cm³/mol. The summed E-state index contributed by atoms with van der Waals surface area (Å²) in [5.74, 6) is 0. The largest absolute Gasteiger partial charge is 0.394 e. The Bertz CT molecular complexity index is 126. The monoisotopic (exact) mass is 164 g/mol. The van der Waals surface area contributed by atoms with Crippen molar-refractivity contribution in [2.24, 2.45) is 0 Å². The van der Waals surface area contributed by atoms with E-state index in [1.807, 2.05) is 0 Å². The lowest BCUT2D eigenvalue weighted by atomic mass is 10.0. The van der Waals surface area contributed by atoms with Crippen LogP contribution in [0, 0.1) is 0 Å². The predicted octanol–water partition coefficient (Wildman–Crippen LogP) is -2.54. The van der Waals surface area contributed by atoms with Gasteiger partial charge in [-0.15, -0.1) is 0 Å². The highest BCUT2D eigenvalue weighted by atomic mass is 16.5. The van der Waals surface area contributed by atoms with Crippen LogP contribution >= 0.6 is 0 Å².